The number of benzene rings is 1. The Kier molecular flexibility index (Phi) is 3.93. The molecule has 2 unspecified atom stereocenters. The highest BCUT2D eigenvalue weighted by atomic mass is 32.2. The molecule has 1 fully saturated rings. The number of rotatable bonds is 4. The highest BCUT2D eigenvalue weighted by Crippen LogP contribution is 2.31. The molecule has 0 amide bonds. The fraction of sp³-hybridized carbons (Fsp3) is 0.400. The van der Waals surface area contributed by atoms with Gasteiger partial charge in [-0.05, 0) is 29.7 Å². The topological polar surface area (TPSA) is 85.1 Å². The van der Waals surface area contributed by atoms with Gasteiger partial charge in [-0.2, -0.15) is 0 Å². The molecule has 0 saturated carbocycles. The fourth-order valence-corrected chi connectivity index (χ4v) is 4.97. The summed E-state index contributed by atoms with van der Waals surface area (Å²) in [7, 11) is -2.86. The summed E-state index contributed by atoms with van der Waals surface area (Å²) < 4.78 is 23.2. The Bertz CT molecular complexity index is 740. The number of hydrazine groups is 1. The van der Waals surface area contributed by atoms with Gasteiger partial charge in [-0.1, -0.05) is 24.3 Å². The smallest absolute Gasteiger partial charge is 0.150 e. The molecule has 21 heavy (non-hydrogen) atoms. The minimum atomic E-state index is -2.86. The zero-order chi connectivity index (χ0) is 14.9. The van der Waals surface area contributed by atoms with Crippen LogP contribution < -0.4 is 11.3 Å². The van der Waals surface area contributed by atoms with Gasteiger partial charge in [0.05, 0.1) is 11.5 Å². The van der Waals surface area contributed by atoms with Crippen LogP contribution >= 0.6 is 0 Å². The zero-order valence-electron chi connectivity index (χ0n) is 11.7. The van der Waals surface area contributed by atoms with Crippen molar-refractivity contribution in [2.24, 2.45) is 11.8 Å². The fourth-order valence-electron chi connectivity index (χ4n) is 3.09. The Morgan fingerprint density at radius 3 is 2.86 bits per heavy atom. The number of aromatic nitrogens is 1. The minimum absolute atomic E-state index is 0.0816. The number of nitrogens with two attached hydrogens (primary N) is 1. The maximum absolute atomic E-state index is 11.6. The molecule has 1 aromatic heterocycles. The summed E-state index contributed by atoms with van der Waals surface area (Å²) >= 11 is 0. The molecule has 2 atom stereocenters. The predicted octanol–water partition coefficient (Wildman–Crippen LogP) is 1.56. The SMILES string of the molecule is NNC(CC1CCS(=O)(=O)C1)c1cncc2ccccc12. The van der Waals surface area contributed by atoms with E-state index in [2.05, 4.69) is 10.4 Å². The lowest BCUT2D eigenvalue weighted by atomic mass is 9.93. The quantitative estimate of drug-likeness (QED) is 0.661. The molecular formula is C15H19N3O2S. The van der Waals surface area contributed by atoms with Gasteiger partial charge < -0.3 is 0 Å². The van der Waals surface area contributed by atoms with Crippen molar-refractivity contribution in [2.75, 3.05) is 11.5 Å². The summed E-state index contributed by atoms with van der Waals surface area (Å²) in [5.74, 6) is 6.44. The second kappa shape index (κ2) is 5.71. The predicted molar refractivity (Wildman–Crippen MR) is 83.2 cm³/mol. The van der Waals surface area contributed by atoms with Gasteiger partial charge in [-0.3, -0.25) is 16.3 Å². The van der Waals surface area contributed by atoms with Crippen molar-refractivity contribution in [2.45, 2.75) is 18.9 Å². The summed E-state index contributed by atoms with van der Waals surface area (Å²) in [6.45, 7) is 0. The number of hydrogen-bond donors (Lipinski definition) is 2. The lowest BCUT2D eigenvalue weighted by Crippen LogP contribution is -2.30. The van der Waals surface area contributed by atoms with Crippen LogP contribution in [0.3, 0.4) is 0 Å². The van der Waals surface area contributed by atoms with Crippen molar-refractivity contribution in [3.63, 3.8) is 0 Å². The largest absolute Gasteiger partial charge is 0.271 e. The molecule has 3 N–H and O–H groups in total. The van der Waals surface area contributed by atoms with E-state index in [-0.39, 0.29) is 17.7 Å². The molecule has 1 aromatic carbocycles. The third-order valence-electron chi connectivity index (χ3n) is 4.17. The normalized spacial score (nSPS) is 22.4. The van der Waals surface area contributed by atoms with Crippen LogP contribution in [-0.2, 0) is 9.84 Å². The maximum atomic E-state index is 11.6. The summed E-state index contributed by atoms with van der Waals surface area (Å²) in [5, 5.41) is 2.17. The summed E-state index contributed by atoms with van der Waals surface area (Å²) in [6.07, 6.45) is 5.08. The van der Waals surface area contributed by atoms with Crippen molar-refractivity contribution in [3.8, 4) is 0 Å². The molecule has 0 spiro atoms. The van der Waals surface area contributed by atoms with E-state index >= 15 is 0 Å². The number of hydrogen-bond acceptors (Lipinski definition) is 5. The molecule has 0 aliphatic carbocycles. The summed E-state index contributed by atoms with van der Waals surface area (Å²) in [6, 6.07) is 7.94. The molecule has 1 aliphatic rings. The van der Waals surface area contributed by atoms with E-state index in [1.165, 1.54) is 0 Å². The van der Waals surface area contributed by atoms with Crippen LogP contribution in [0.1, 0.15) is 24.4 Å². The molecule has 2 heterocycles. The zero-order valence-corrected chi connectivity index (χ0v) is 12.5. The highest BCUT2D eigenvalue weighted by molar-refractivity contribution is 7.91. The second-order valence-corrected chi connectivity index (χ2v) is 7.90. The Morgan fingerprint density at radius 2 is 2.14 bits per heavy atom. The van der Waals surface area contributed by atoms with E-state index in [0.717, 1.165) is 22.8 Å². The van der Waals surface area contributed by atoms with E-state index < -0.39 is 9.84 Å². The van der Waals surface area contributed by atoms with Crippen molar-refractivity contribution in [3.05, 3.63) is 42.2 Å². The van der Waals surface area contributed by atoms with Crippen molar-refractivity contribution < 1.29 is 8.42 Å². The molecular weight excluding hydrogens is 286 g/mol. The molecule has 2 aromatic rings. The average Bonchev–Trinajstić information content (AvgIpc) is 2.83. The van der Waals surface area contributed by atoms with Gasteiger partial charge in [0.15, 0.2) is 9.84 Å². The Hall–Kier alpha value is -1.50. The third kappa shape index (κ3) is 3.07. The number of nitrogens with one attached hydrogen (secondary N) is 1. The van der Waals surface area contributed by atoms with E-state index in [1.54, 1.807) is 0 Å². The first-order valence-corrected chi connectivity index (χ1v) is 8.90. The average molecular weight is 305 g/mol. The number of fused-ring (bicyclic) bond motifs is 1. The molecule has 3 rings (SSSR count). The molecule has 5 nitrogen and oxygen atoms in total. The highest BCUT2D eigenvalue weighted by Gasteiger charge is 2.30. The van der Waals surface area contributed by atoms with Gasteiger partial charge in [0.1, 0.15) is 0 Å². The van der Waals surface area contributed by atoms with Gasteiger partial charge in [0, 0.05) is 23.8 Å². The molecule has 6 heteroatoms. The van der Waals surface area contributed by atoms with E-state index in [9.17, 15) is 8.42 Å². The van der Waals surface area contributed by atoms with Crippen LogP contribution in [0.25, 0.3) is 10.8 Å². The van der Waals surface area contributed by atoms with Crippen LogP contribution in [0.4, 0.5) is 0 Å². The number of nitrogens with zero attached hydrogens (tertiary/aromatic N) is 1. The lowest BCUT2D eigenvalue weighted by molar-refractivity contribution is 0.422. The molecule has 0 bridgehead atoms. The van der Waals surface area contributed by atoms with Gasteiger partial charge in [0.25, 0.3) is 0 Å². The van der Waals surface area contributed by atoms with E-state index in [4.69, 9.17) is 5.84 Å². The third-order valence-corrected chi connectivity index (χ3v) is 6.01. The monoisotopic (exact) mass is 305 g/mol. The number of pyridine rings is 1. The van der Waals surface area contributed by atoms with Gasteiger partial charge in [0.2, 0.25) is 0 Å². The first kappa shape index (κ1) is 14.4. The molecule has 112 valence electrons. The van der Waals surface area contributed by atoms with Crippen LogP contribution in [-0.4, -0.2) is 24.9 Å². The number of sulfone groups is 1. The Balaban J connectivity index is 1.89. The Morgan fingerprint density at radius 1 is 1.33 bits per heavy atom. The maximum Gasteiger partial charge on any atom is 0.150 e. The Labute approximate surface area is 124 Å². The van der Waals surface area contributed by atoms with Crippen LogP contribution in [0, 0.1) is 5.92 Å². The first-order valence-electron chi connectivity index (χ1n) is 7.08. The second-order valence-electron chi connectivity index (χ2n) is 5.67. The van der Waals surface area contributed by atoms with E-state index in [0.29, 0.717) is 12.2 Å². The molecule has 1 saturated heterocycles. The van der Waals surface area contributed by atoms with Crippen molar-refractivity contribution >= 4 is 20.6 Å². The summed E-state index contributed by atoms with van der Waals surface area (Å²) in [5.41, 5.74) is 3.86. The van der Waals surface area contributed by atoms with E-state index in [1.807, 2.05) is 36.7 Å². The van der Waals surface area contributed by atoms with Gasteiger partial charge in [-0.15, -0.1) is 0 Å². The van der Waals surface area contributed by atoms with Gasteiger partial charge in [-0.25, -0.2) is 8.42 Å². The first-order chi connectivity index (χ1) is 10.1. The molecule has 1 aliphatic heterocycles. The minimum Gasteiger partial charge on any atom is -0.271 e. The van der Waals surface area contributed by atoms with Crippen molar-refractivity contribution in [1.29, 1.82) is 0 Å². The van der Waals surface area contributed by atoms with Gasteiger partial charge >= 0.3 is 0 Å². The standard InChI is InChI=1S/C15H19N3O2S/c16-18-15(7-11-5-6-21(19,20)10-11)14-9-17-8-12-3-1-2-4-13(12)14/h1-4,8-9,11,15,18H,5-7,10,16H2. The molecule has 0 radical (unpaired) electrons. The van der Waals surface area contributed by atoms with Crippen LogP contribution in [0.5, 0.6) is 0 Å². The summed E-state index contributed by atoms with van der Waals surface area (Å²) in [4.78, 5) is 4.27. The van der Waals surface area contributed by atoms with Crippen molar-refractivity contribution in [1.82, 2.24) is 10.4 Å². The van der Waals surface area contributed by atoms with Crippen LogP contribution in [0.2, 0.25) is 0 Å². The lowest BCUT2D eigenvalue weighted by Gasteiger charge is -2.20. The van der Waals surface area contributed by atoms with Crippen LogP contribution in [0.15, 0.2) is 36.7 Å².